The molecule has 88 valence electrons. The van der Waals surface area contributed by atoms with Gasteiger partial charge in [-0.1, -0.05) is 22.0 Å². The van der Waals surface area contributed by atoms with Crippen molar-refractivity contribution >= 4 is 33.5 Å². The maximum Gasteiger partial charge on any atom is 0.264 e. The molecule has 0 aliphatic rings. The second kappa shape index (κ2) is 6.35. The molecule has 0 saturated heterocycles. The van der Waals surface area contributed by atoms with Gasteiger partial charge in [-0.05, 0) is 18.4 Å². The van der Waals surface area contributed by atoms with Crippen molar-refractivity contribution in [3.05, 3.63) is 29.3 Å². The van der Waals surface area contributed by atoms with Crippen LogP contribution in [0.25, 0.3) is 0 Å². The molecule has 0 saturated carbocycles. The van der Waals surface area contributed by atoms with E-state index in [1.165, 1.54) is 23.9 Å². The van der Waals surface area contributed by atoms with E-state index in [-0.39, 0.29) is 23.3 Å². The van der Waals surface area contributed by atoms with Crippen LogP contribution < -0.4 is 0 Å². The smallest absolute Gasteiger partial charge is 0.264 e. The lowest BCUT2D eigenvalue weighted by Crippen LogP contribution is -2.05. The summed E-state index contributed by atoms with van der Waals surface area (Å²) in [5, 5.41) is 0.484. The minimum atomic E-state index is -2.61. The van der Waals surface area contributed by atoms with Crippen LogP contribution >= 0.6 is 27.7 Å². The van der Waals surface area contributed by atoms with Gasteiger partial charge in [0.25, 0.3) is 6.43 Å². The van der Waals surface area contributed by atoms with Crippen LogP contribution in [-0.2, 0) is 0 Å². The van der Waals surface area contributed by atoms with E-state index in [0.29, 0.717) is 5.33 Å². The fraction of sp³-hybridized carbons (Fsp3) is 0.364. The largest absolute Gasteiger partial charge is 0.294 e. The van der Waals surface area contributed by atoms with E-state index >= 15 is 0 Å². The van der Waals surface area contributed by atoms with Crippen LogP contribution in [0.4, 0.5) is 8.78 Å². The van der Waals surface area contributed by atoms with Gasteiger partial charge in [-0.2, -0.15) is 0 Å². The Labute approximate surface area is 106 Å². The molecule has 0 aliphatic carbocycles. The number of hydrogen-bond acceptors (Lipinski definition) is 2. The number of carbonyl (C=O) groups is 1. The van der Waals surface area contributed by atoms with Crippen molar-refractivity contribution in [1.29, 1.82) is 0 Å². The molecule has 0 atom stereocenters. The van der Waals surface area contributed by atoms with Crippen LogP contribution in [0.2, 0.25) is 0 Å². The highest BCUT2D eigenvalue weighted by molar-refractivity contribution is 9.09. The van der Waals surface area contributed by atoms with Gasteiger partial charge in [-0.25, -0.2) is 8.78 Å². The Morgan fingerprint density at radius 3 is 2.69 bits per heavy atom. The van der Waals surface area contributed by atoms with Gasteiger partial charge in [-0.3, -0.25) is 4.79 Å². The molecule has 0 N–H and O–H groups in total. The van der Waals surface area contributed by atoms with E-state index in [2.05, 4.69) is 15.9 Å². The fourth-order valence-corrected chi connectivity index (χ4v) is 2.11. The third-order valence-electron chi connectivity index (χ3n) is 2.12. The van der Waals surface area contributed by atoms with E-state index in [1.807, 2.05) is 6.26 Å². The zero-order chi connectivity index (χ0) is 12.1. The first-order chi connectivity index (χ1) is 7.60. The highest BCUT2D eigenvalue weighted by Crippen LogP contribution is 2.27. The van der Waals surface area contributed by atoms with Gasteiger partial charge in [0.1, 0.15) is 0 Å². The summed E-state index contributed by atoms with van der Waals surface area (Å²) < 4.78 is 25.4. The number of thioether (sulfide) groups is 1. The lowest BCUT2D eigenvalue weighted by atomic mass is 10.0. The molecule has 0 radical (unpaired) electrons. The van der Waals surface area contributed by atoms with Crippen LogP contribution in [0.3, 0.4) is 0 Å². The summed E-state index contributed by atoms with van der Waals surface area (Å²) >= 11 is 4.56. The molecule has 0 fully saturated rings. The van der Waals surface area contributed by atoms with Gasteiger partial charge < -0.3 is 0 Å². The Bertz CT molecular complexity index is 382. The van der Waals surface area contributed by atoms with Gasteiger partial charge in [0.05, 0.1) is 0 Å². The predicted molar refractivity (Wildman–Crippen MR) is 65.9 cm³/mol. The Morgan fingerprint density at radius 1 is 1.50 bits per heavy atom. The van der Waals surface area contributed by atoms with Crippen molar-refractivity contribution in [2.75, 3.05) is 11.6 Å². The second-order valence-corrected chi connectivity index (χ2v) is 4.79. The summed E-state index contributed by atoms with van der Waals surface area (Å²) in [6.07, 6.45) is -0.529. The number of carbonyl (C=O) groups excluding carboxylic acids is 1. The summed E-state index contributed by atoms with van der Waals surface area (Å²) in [6, 6.07) is 4.48. The number of ketones is 1. The molecular formula is C11H11BrF2OS. The van der Waals surface area contributed by atoms with Crippen molar-refractivity contribution in [1.82, 2.24) is 0 Å². The third-order valence-corrected chi connectivity index (χ3v) is 3.24. The number of Topliss-reactive ketones (excluding diaryl/α,β-unsaturated/α-hetero) is 1. The lowest BCUT2D eigenvalue weighted by molar-refractivity contribution is 0.0975. The van der Waals surface area contributed by atoms with E-state index in [9.17, 15) is 13.6 Å². The van der Waals surface area contributed by atoms with E-state index in [1.54, 1.807) is 6.07 Å². The number of hydrogen-bond donors (Lipinski definition) is 0. The Kier molecular flexibility index (Phi) is 5.41. The van der Waals surface area contributed by atoms with Gasteiger partial charge >= 0.3 is 0 Å². The van der Waals surface area contributed by atoms with Crippen LogP contribution in [0.5, 0.6) is 0 Å². The molecule has 0 spiro atoms. The first kappa shape index (κ1) is 13.6. The standard InChI is InChI=1S/C11H11BrF2OS/c1-16-7-2-3-8(11(13)14)9(6-7)10(15)4-5-12/h2-3,6,11H,4-5H2,1H3. The van der Waals surface area contributed by atoms with Gasteiger partial charge in [-0.15, -0.1) is 11.8 Å². The quantitative estimate of drug-likeness (QED) is 0.458. The normalized spacial score (nSPS) is 10.8. The molecule has 0 aliphatic heterocycles. The minimum Gasteiger partial charge on any atom is -0.294 e. The molecule has 0 aromatic heterocycles. The summed E-state index contributed by atoms with van der Waals surface area (Å²) in [5.41, 5.74) is -0.0370. The first-order valence-corrected chi connectivity index (χ1v) is 7.00. The van der Waals surface area contributed by atoms with Crippen molar-refractivity contribution in [2.45, 2.75) is 17.7 Å². The van der Waals surface area contributed by atoms with Crippen LogP contribution in [0.1, 0.15) is 28.8 Å². The summed E-state index contributed by atoms with van der Waals surface area (Å²) in [5.74, 6) is -0.247. The first-order valence-electron chi connectivity index (χ1n) is 4.65. The Hall–Kier alpha value is -0.420. The van der Waals surface area contributed by atoms with Gasteiger partial charge in [0.15, 0.2) is 5.78 Å². The maximum atomic E-state index is 12.7. The highest BCUT2D eigenvalue weighted by Gasteiger charge is 2.18. The molecule has 0 amide bonds. The molecule has 1 aromatic rings. The number of halogens is 3. The predicted octanol–water partition coefficient (Wildman–Crippen LogP) is 4.31. The van der Waals surface area contributed by atoms with Crippen molar-refractivity contribution in [3.8, 4) is 0 Å². The molecule has 0 heterocycles. The molecule has 1 aromatic carbocycles. The molecule has 0 bridgehead atoms. The molecule has 16 heavy (non-hydrogen) atoms. The topological polar surface area (TPSA) is 17.1 Å². The van der Waals surface area contributed by atoms with Crippen molar-refractivity contribution in [2.24, 2.45) is 0 Å². The second-order valence-electron chi connectivity index (χ2n) is 3.12. The van der Waals surface area contributed by atoms with Crippen LogP contribution in [0, 0.1) is 0 Å². The van der Waals surface area contributed by atoms with E-state index in [0.717, 1.165) is 4.90 Å². The highest BCUT2D eigenvalue weighted by atomic mass is 79.9. The van der Waals surface area contributed by atoms with Gasteiger partial charge in [0, 0.05) is 27.8 Å². The SMILES string of the molecule is CSc1ccc(C(F)F)c(C(=O)CCBr)c1. The number of benzene rings is 1. The zero-order valence-corrected chi connectivity index (χ0v) is 11.1. The fourth-order valence-electron chi connectivity index (χ4n) is 1.31. The number of alkyl halides is 3. The van der Waals surface area contributed by atoms with Crippen molar-refractivity contribution < 1.29 is 13.6 Å². The molecule has 1 rings (SSSR count). The summed E-state index contributed by atoms with van der Waals surface area (Å²) in [4.78, 5) is 12.5. The minimum absolute atomic E-state index is 0.140. The Morgan fingerprint density at radius 2 is 2.19 bits per heavy atom. The maximum absolute atomic E-state index is 12.7. The summed E-state index contributed by atoms with van der Waals surface area (Å²) in [7, 11) is 0. The van der Waals surface area contributed by atoms with E-state index in [4.69, 9.17) is 0 Å². The monoisotopic (exact) mass is 308 g/mol. The van der Waals surface area contributed by atoms with Crippen LogP contribution in [-0.4, -0.2) is 17.4 Å². The molecular weight excluding hydrogens is 298 g/mol. The molecule has 0 unspecified atom stereocenters. The van der Waals surface area contributed by atoms with E-state index < -0.39 is 6.43 Å². The van der Waals surface area contributed by atoms with Gasteiger partial charge in [0.2, 0.25) is 0 Å². The molecule has 5 heteroatoms. The van der Waals surface area contributed by atoms with Crippen LogP contribution in [0.15, 0.2) is 23.1 Å². The Balaban J connectivity index is 3.14. The molecule has 1 nitrogen and oxygen atoms in total. The average Bonchev–Trinajstić information content (AvgIpc) is 2.28. The number of rotatable bonds is 5. The lowest BCUT2D eigenvalue weighted by Gasteiger charge is -2.09. The zero-order valence-electron chi connectivity index (χ0n) is 8.67. The average molecular weight is 309 g/mol. The summed E-state index contributed by atoms with van der Waals surface area (Å²) in [6.45, 7) is 0. The third kappa shape index (κ3) is 3.28. The van der Waals surface area contributed by atoms with Crippen molar-refractivity contribution in [3.63, 3.8) is 0 Å².